The van der Waals surface area contributed by atoms with Gasteiger partial charge in [0.2, 0.25) is 5.91 Å². The topological polar surface area (TPSA) is 91.0 Å². The molecule has 0 bridgehead atoms. The summed E-state index contributed by atoms with van der Waals surface area (Å²) < 4.78 is 1.61. The highest BCUT2D eigenvalue weighted by molar-refractivity contribution is 8.05. The third-order valence-corrected chi connectivity index (χ3v) is 7.44. The van der Waals surface area contributed by atoms with Gasteiger partial charge in [0, 0.05) is 16.8 Å². The minimum Gasteiger partial charge on any atom is -0.306 e. The van der Waals surface area contributed by atoms with Crippen molar-refractivity contribution in [1.29, 1.82) is 5.26 Å². The molecule has 0 radical (unpaired) electrons. The van der Waals surface area contributed by atoms with Gasteiger partial charge in [0.1, 0.15) is 22.5 Å². The molecule has 2 amide bonds. The number of carbonyl (C=O) groups excluding carboxylic acids is 2. The molecule has 2 heterocycles. The van der Waals surface area contributed by atoms with Gasteiger partial charge in [-0.05, 0) is 55.3 Å². The van der Waals surface area contributed by atoms with E-state index in [1.807, 2.05) is 73.7 Å². The maximum absolute atomic E-state index is 13.6. The maximum Gasteiger partial charge on any atom is 0.270 e. The monoisotopic (exact) mass is 539 g/mol. The molecule has 0 unspecified atom stereocenters. The molecule has 5 rings (SSSR count). The number of nitrogens with one attached hydrogen (secondary N) is 1. The average molecular weight is 540 g/mol. The molecule has 1 atom stereocenters. The van der Waals surface area contributed by atoms with Crippen molar-refractivity contribution in [3.63, 3.8) is 0 Å². The number of anilines is 2. The summed E-state index contributed by atoms with van der Waals surface area (Å²) in [4.78, 5) is 28.6. The minimum atomic E-state index is -0.618. The van der Waals surface area contributed by atoms with Gasteiger partial charge in [0.05, 0.1) is 16.6 Å². The van der Waals surface area contributed by atoms with E-state index in [1.165, 1.54) is 16.7 Å². The predicted molar refractivity (Wildman–Crippen MR) is 150 cm³/mol. The Hall–Kier alpha value is -4.32. The van der Waals surface area contributed by atoms with Crippen LogP contribution in [0.25, 0.3) is 5.69 Å². The summed E-state index contributed by atoms with van der Waals surface area (Å²) >= 11 is 7.24. The molecule has 0 aliphatic carbocycles. The van der Waals surface area contributed by atoms with E-state index in [0.717, 1.165) is 11.3 Å². The largest absolute Gasteiger partial charge is 0.306 e. The Morgan fingerprint density at radius 3 is 2.29 bits per heavy atom. The summed E-state index contributed by atoms with van der Waals surface area (Å²) in [6, 6.07) is 29.5. The van der Waals surface area contributed by atoms with Crippen molar-refractivity contribution in [1.82, 2.24) is 9.78 Å². The second kappa shape index (κ2) is 11.0. The molecule has 1 aliphatic heterocycles. The number of nitriles is 1. The van der Waals surface area contributed by atoms with E-state index < -0.39 is 11.2 Å². The van der Waals surface area contributed by atoms with Crippen molar-refractivity contribution in [2.75, 3.05) is 10.2 Å². The van der Waals surface area contributed by atoms with Gasteiger partial charge in [0.25, 0.3) is 5.91 Å². The van der Waals surface area contributed by atoms with Gasteiger partial charge in [-0.1, -0.05) is 71.9 Å². The van der Waals surface area contributed by atoms with E-state index in [9.17, 15) is 14.9 Å². The van der Waals surface area contributed by atoms with Crippen molar-refractivity contribution in [2.45, 2.75) is 18.6 Å². The van der Waals surface area contributed by atoms with Crippen LogP contribution in [0.4, 0.5) is 11.5 Å². The Morgan fingerprint density at radius 2 is 1.66 bits per heavy atom. The predicted octanol–water partition coefficient (Wildman–Crippen LogP) is 5.90. The fourth-order valence-electron chi connectivity index (χ4n) is 4.17. The Morgan fingerprint density at radius 1 is 1.03 bits per heavy atom. The summed E-state index contributed by atoms with van der Waals surface area (Å²) in [6.45, 7) is 1.82. The fraction of sp³-hybridized carbons (Fsp3) is 0.103. The lowest BCUT2D eigenvalue weighted by atomic mass is 10.1. The van der Waals surface area contributed by atoms with Crippen LogP contribution < -0.4 is 10.2 Å². The molecule has 1 aliphatic rings. The number of benzene rings is 3. The molecular weight excluding hydrogens is 518 g/mol. The van der Waals surface area contributed by atoms with Crippen LogP contribution in [0.15, 0.2) is 102 Å². The number of nitrogens with zero attached hydrogens (tertiary/aromatic N) is 4. The molecule has 1 fully saturated rings. The highest BCUT2D eigenvalue weighted by Crippen LogP contribution is 2.42. The quantitative estimate of drug-likeness (QED) is 0.243. The highest BCUT2D eigenvalue weighted by Gasteiger charge is 2.40. The average Bonchev–Trinajstić information content (AvgIpc) is 3.45. The van der Waals surface area contributed by atoms with Crippen LogP contribution in [-0.4, -0.2) is 26.8 Å². The van der Waals surface area contributed by atoms with Crippen molar-refractivity contribution < 1.29 is 9.59 Å². The number of carbonyl (C=O) groups is 2. The van der Waals surface area contributed by atoms with Crippen molar-refractivity contribution in [2.24, 2.45) is 0 Å². The Labute approximate surface area is 229 Å². The van der Waals surface area contributed by atoms with Gasteiger partial charge in [-0.15, -0.1) is 0 Å². The third kappa shape index (κ3) is 5.21. The number of rotatable bonds is 6. The smallest absolute Gasteiger partial charge is 0.270 e. The van der Waals surface area contributed by atoms with Crippen molar-refractivity contribution in [3.05, 3.63) is 118 Å². The van der Waals surface area contributed by atoms with E-state index in [4.69, 9.17) is 11.6 Å². The maximum atomic E-state index is 13.6. The standard InChI is InChI=1S/C29H22ClN5O2S/c1-19-16-26(35(33-19)23-10-6-3-7-11-23)32-27(36)24(18-31)29-34(22-8-4-2-5-9-22)28(37)25(38-29)17-20-12-14-21(30)15-13-20/h2-16,25H,17H2,1H3,(H,32,36)/b29-24-/t25-/m1/s1. The number of aromatic nitrogens is 2. The molecule has 1 aromatic heterocycles. The molecule has 1 saturated heterocycles. The Balaban J connectivity index is 1.51. The number of hydrogen-bond donors (Lipinski definition) is 1. The van der Waals surface area contributed by atoms with Gasteiger partial charge >= 0.3 is 0 Å². The molecule has 0 saturated carbocycles. The summed E-state index contributed by atoms with van der Waals surface area (Å²) in [5.41, 5.74) is 2.84. The highest BCUT2D eigenvalue weighted by atomic mass is 35.5. The molecule has 9 heteroatoms. The van der Waals surface area contributed by atoms with Crippen LogP contribution in [0.3, 0.4) is 0 Å². The van der Waals surface area contributed by atoms with E-state index in [-0.39, 0.29) is 11.5 Å². The zero-order valence-electron chi connectivity index (χ0n) is 20.3. The van der Waals surface area contributed by atoms with Gasteiger partial charge in [-0.3, -0.25) is 14.5 Å². The number of para-hydroxylation sites is 2. The summed E-state index contributed by atoms with van der Waals surface area (Å²) in [7, 11) is 0. The first-order chi connectivity index (χ1) is 18.4. The lowest BCUT2D eigenvalue weighted by molar-refractivity contribution is -0.117. The van der Waals surface area contributed by atoms with Crippen LogP contribution in [0, 0.1) is 18.3 Å². The summed E-state index contributed by atoms with van der Waals surface area (Å²) in [5, 5.41) is 17.8. The molecular formula is C29H22ClN5O2S. The van der Waals surface area contributed by atoms with Crippen LogP contribution >= 0.6 is 23.4 Å². The Bertz CT molecular complexity index is 1560. The molecule has 1 N–H and O–H groups in total. The van der Waals surface area contributed by atoms with Crippen LogP contribution in [-0.2, 0) is 16.0 Å². The number of hydrogen-bond acceptors (Lipinski definition) is 5. The van der Waals surface area contributed by atoms with Crippen molar-refractivity contribution >= 4 is 46.7 Å². The molecule has 0 spiro atoms. The number of thioether (sulfide) groups is 1. The van der Waals surface area contributed by atoms with Gasteiger partial charge in [-0.25, -0.2) is 4.68 Å². The second-order valence-corrected chi connectivity index (χ2v) is 10.2. The number of halogens is 1. The molecule has 4 aromatic rings. The fourth-order valence-corrected chi connectivity index (χ4v) is 5.60. The second-order valence-electron chi connectivity index (χ2n) is 8.61. The van der Waals surface area contributed by atoms with E-state index in [1.54, 1.807) is 35.0 Å². The number of amides is 2. The first kappa shape index (κ1) is 25.3. The first-order valence-corrected chi connectivity index (χ1v) is 13.1. The van der Waals surface area contributed by atoms with Gasteiger partial charge in [-0.2, -0.15) is 10.4 Å². The molecule has 188 valence electrons. The molecule has 38 heavy (non-hydrogen) atoms. The van der Waals surface area contributed by atoms with Crippen LogP contribution in [0.5, 0.6) is 0 Å². The third-order valence-electron chi connectivity index (χ3n) is 5.93. The lowest BCUT2D eigenvalue weighted by Gasteiger charge is -2.18. The Kier molecular flexibility index (Phi) is 7.31. The molecule has 3 aromatic carbocycles. The zero-order valence-corrected chi connectivity index (χ0v) is 21.9. The van der Waals surface area contributed by atoms with Gasteiger partial charge < -0.3 is 5.32 Å². The summed E-state index contributed by atoms with van der Waals surface area (Å²) in [6.07, 6.45) is 0.424. The normalized spacial score (nSPS) is 16.3. The first-order valence-electron chi connectivity index (χ1n) is 11.8. The number of aryl methyl sites for hydroxylation is 1. The van der Waals surface area contributed by atoms with Gasteiger partial charge in [0.15, 0.2) is 0 Å². The lowest BCUT2D eigenvalue weighted by Crippen LogP contribution is -2.31. The summed E-state index contributed by atoms with van der Waals surface area (Å²) in [5.74, 6) is -0.393. The molecule has 7 nitrogen and oxygen atoms in total. The van der Waals surface area contributed by atoms with E-state index in [2.05, 4.69) is 10.4 Å². The minimum absolute atomic E-state index is 0.149. The van der Waals surface area contributed by atoms with Crippen LogP contribution in [0.2, 0.25) is 5.02 Å². The van der Waals surface area contributed by atoms with Crippen LogP contribution in [0.1, 0.15) is 11.3 Å². The van der Waals surface area contributed by atoms with Crippen molar-refractivity contribution in [3.8, 4) is 11.8 Å². The van der Waals surface area contributed by atoms with E-state index >= 15 is 0 Å². The zero-order chi connectivity index (χ0) is 26.6. The SMILES string of the molecule is Cc1cc(NC(=O)/C(C#N)=C2\S[C@H](Cc3ccc(Cl)cc3)C(=O)N2c2ccccc2)n(-c2ccccc2)n1. The van der Waals surface area contributed by atoms with E-state index in [0.29, 0.717) is 33.7 Å².